The summed E-state index contributed by atoms with van der Waals surface area (Å²) in [7, 11) is 0. The second kappa shape index (κ2) is 7.48. The summed E-state index contributed by atoms with van der Waals surface area (Å²) in [5, 5.41) is 2.93. The van der Waals surface area contributed by atoms with Gasteiger partial charge in [-0.15, -0.1) is 0 Å². The van der Waals surface area contributed by atoms with Crippen LogP contribution in [0.5, 0.6) is 5.75 Å². The Bertz CT molecular complexity index is 562. The molecule has 0 aliphatic rings. The van der Waals surface area contributed by atoms with Crippen LogP contribution in [0.15, 0.2) is 54.6 Å². The molecule has 0 saturated carbocycles. The van der Waals surface area contributed by atoms with E-state index in [-0.39, 0.29) is 12.0 Å². The van der Waals surface area contributed by atoms with Crippen molar-refractivity contribution in [3.8, 4) is 5.75 Å². The molecule has 3 heteroatoms. The Morgan fingerprint density at radius 2 is 1.67 bits per heavy atom. The summed E-state index contributed by atoms with van der Waals surface area (Å²) < 4.78 is 5.59. The molecule has 0 spiro atoms. The van der Waals surface area contributed by atoms with Crippen molar-refractivity contribution in [2.24, 2.45) is 0 Å². The van der Waals surface area contributed by atoms with Crippen LogP contribution in [-0.2, 0) is 17.8 Å². The molecule has 0 radical (unpaired) electrons. The molecular weight excluding hydrogens is 262 g/mol. The summed E-state index contributed by atoms with van der Waals surface area (Å²) >= 11 is 0. The van der Waals surface area contributed by atoms with Crippen LogP contribution in [0, 0.1) is 0 Å². The maximum Gasteiger partial charge on any atom is 0.224 e. The number of nitrogens with one attached hydrogen (secondary N) is 1. The fourth-order valence-corrected chi connectivity index (χ4v) is 2.00. The highest BCUT2D eigenvalue weighted by Gasteiger charge is 2.03. The smallest absolute Gasteiger partial charge is 0.224 e. The number of hydrogen-bond donors (Lipinski definition) is 1. The molecule has 0 fully saturated rings. The van der Waals surface area contributed by atoms with E-state index in [1.165, 1.54) is 0 Å². The first-order valence-corrected chi connectivity index (χ1v) is 7.19. The van der Waals surface area contributed by atoms with Crippen molar-refractivity contribution < 1.29 is 9.53 Å². The minimum atomic E-state index is 0.0312. The lowest BCUT2D eigenvalue weighted by Crippen LogP contribution is -2.24. The van der Waals surface area contributed by atoms with Crippen molar-refractivity contribution in [3.63, 3.8) is 0 Å². The maximum absolute atomic E-state index is 11.9. The van der Waals surface area contributed by atoms with E-state index in [0.29, 0.717) is 13.0 Å². The Morgan fingerprint density at radius 3 is 2.29 bits per heavy atom. The van der Waals surface area contributed by atoms with Crippen LogP contribution < -0.4 is 10.1 Å². The lowest BCUT2D eigenvalue weighted by molar-refractivity contribution is -0.120. The minimum absolute atomic E-state index is 0.0312. The quantitative estimate of drug-likeness (QED) is 0.883. The van der Waals surface area contributed by atoms with E-state index in [1.807, 2.05) is 68.4 Å². The summed E-state index contributed by atoms with van der Waals surface area (Å²) in [6.45, 7) is 4.53. The van der Waals surface area contributed by atoms with Crippen LogP contribution in [0.3, 0.4) is 0 Å². The van der Waals surface area contributed by atoms with Crippen molar-refractivity contribution in [1.29, 1.82) is 0 Å². The summed E-state index contributed by atoms with van der Waals surface area (Å²) in [5.74, 6) is 0.882. The second-order valence-corrected chi connectivity index (χ2v) is 5.25. The highest BCUT2D eigenvalue weighted by atomic mass is 16.5. The molecular formula is C18H21NO2. The van der Waals surface area contributed by atoms with Crippen molar-refractivity contribution in [1.82, 2.24) is 5.32 Å². The van der Waals surface area contributed by atoms with E-state index in [2.05, 4.69) is 5.32 Å². The van der Waals surface area contributed by atoms with Gasteiger partial charge in [-0.3, -0.25) is 4.79 Å². The lowest BCUT2D eigenvalue weighted by Gasteiger charge is -2.10. The fraction of sp³-hybridized carbons (Fsp3) is 0.278. The molecule has 21 heavy (non-hydrogen) atoms. The molecule has 0 aliphatic carbocycles. The van der Waals surface area contributed by atoms with E-state index in [4.69, 9.17) is 4.74 Å². The van der Waals surface area contributed by atoms with Gasteiger partial charge in [0.1, 0.15) is 5.75 Å². The Morgan fingerprint density at radius 1 is 1.00 bits per heavy atom. The molecule has 0 heterocycles. The third kappa shape index (κ3) is 5.30. The predicted octanol–water partition coefficient (Wildman–Crippen LogP) is 3.33. The number of carbonyl (C=O) groups is 1. The molecule has 1 N–H and O–H groups in total. The fourth-order valence-electron chi connectivity index (χ4n) is 2.00. The Hall–Kier alpha value is -2.29. The van der Waals surface area contributed by atoms with Crippen molar-refractivity contribution >= 4 is 5.91 Å². The second-order valence-electron chi connectivity index (χ2n) is 5.25. The Kier molecular flexibility index (Phi) is 5.38. The average Bonchev–Trinajstić information content (AvgIpc) is 2.47. The molecule has 0 unspecified atom stereocenters. The highest BCUT2D eigenvalue weighted by molar-refractivity contribution is 5.78. The van der Waals surface area contributed by atoms with E-state index in [0.717, 1.165) is 16.9 Å². The van der Waals surface area contributed by atoms with E-state index < -0.39 is 0 Å². The van der Waals surface area contributed by atoms with Gasteiger partial charge in [-0.05, 0) is 37.1 Å². The Balaban J connectivity index is 1.81. The molecule has 2 aromatic carbocycles. The topological polar surface area (TPSA) is 38.3 Å². The van der Waals surface area contributed by atoms with Gasteiger partial charge < -0.3 is 10.1 Å². The molecule has 2 aromatic rings. The zero-order chi connectivity index (χ0) is 15.1. The number of benzene rings is 2. The first-order valence-electron chi connectivity index (χ1n) is 7.19. The van der Waals surface area contributed by atoms with Crippen LogP contribution in [0.25, 0.3) is 0 Å². The average molecular weight is 283 g/mol. The van der Waals surface area contributed by atoms with Gasteiger partial charge in [-0.25, -0.2) is 0 Å². The third-order valence-electron chi connectivity index (χ3n) is 2.99. The van der Waals surface area contributed by atoms with Crippen LogP contribution in [-0.4, -0.2) is 12.0 Å². The molecule has 0 aliphatic heterocycles. The highest BCUT2D eigenvalue weighted by Crippen LogP contribution is 2.13. The zero-order valence-corrected chi connectivity index (χ0v) is 12.5. The minimum Gasteiger partial charge on any atom is -0.491 e. The summed E-state index contributed by atoms with van der Waals surface area (Å²) in [6, 6.07) is 17.5. The summed E-state index contributed by atoms with van der Waals surface area (Å²) in [5.41, 5.74) is 2.09. The van der Waals surface area contributed by atoms with Crippen LogP contribution in [0.2, 0.25) is 0 Å². The van der Waals surface area contributed by atoms with E-state index in [9.17, 15) is 4.79 Å². The molecule has 0 aromatic heterocycles. The van der Waals surface area contributed by atoms with Crippen molar-refractivity contribution in [3.05, 3.63) is 65.7 Å². The van der Waals surface area contributed by atoms with Gasteiger partial charge >= 0.3 is 0 Å². The summed E-state index contributed by atoms with van der Waals surface area (Å²) in [6.07, 6.45) is 0.580. The van der Waals surface area contributed by atoms with Crippen molar-refractivity contribution in [2.75, 3.05) is 0 Å². The number of rotatable bonds is 6. The zero-order valence-electron chi connectivity index (χ0n) is 12.5. The molecule has 110 valence electrons. The molecule has 0 atom stereocenters. The van der Waals surface area contributed by atoms with Gasteiger partial charge in [0, 0.05) is 6.54 Å². The third-order valence-corrected chi connectivity index (χ3v) is 2.99. The molecule has 0 saturated heterocycles. The molecule has 3 nitrogen and oxygen atoms in total. The predicted molar refractivity (Wildman–Crippen MR) is 84.2 cm³/mol. The molecule has 1 amide bonds. The van der Waals surface area contributed by atoms with Gasteiger partial charge in [-0.2, -0.15) is 0 Å². The normalized spacial score (nSPS) is 10.4. The SMILES string of the molecule is CC(C)Oc1ccc(CNC(=O)Cc2ccccc2)cc1. The van der Waals surface area contributed by atoms with Crippen LogP contribution in [0.1, 0.15) is 25.0 Å². The lowest BCUT2D eigenvalue weighted by atomic mass is 10.1. The molecule has 0 bridgehead atoms. The number of carbonyl (C=O) groups excluding carboxylic acids is 1. The van der Waals surface area contributed by atoms with E-state index >= 15 is 0 Å². The monoisotopic (exact) mass is 283 g/mol. The largest absolute Gasteiger partial charge is 0.491 e. The van der Waals surface area contributed by atoms with Crippen molar-refractivity contribution in [2.45, 2.75) is 32.9 Å². The van der Waals surface area contributed by atoms with Gasteiger partial charge in [0.2, 0.25) is 5.91 Å². The number of ether oxygens (including phenoxy) is 1. The number of amides is 1. The number of hydrogen-bond acceptors (Lipinski definition) is 2. The first-order chi connectivity index (χ1) is 10.1. The summed E-state index contributed by atoms with van der Waals surface area (Å²) in [4.78, 5) is 11.9. The standard InChI is InChI=1S/C18H21NO2/c1-14(2)21-17-10-8-16(9-11-17)13-19-18(20)12-15-6-4-3-5-7-15/h3-11,14H,12-13H2,1-2H3,(H,19,20). The molecule has 2 rings (SSSR count). The van der Waals surface area contributed by atoms with Crippen LogP contribution >= 0.6 is 0 Å². The van der Waals surface area contributed by atoms with E-state index in [1.54, 1.807) is 0 Å². The first kappa shape index (κ1) is 15.1. The van der Waals surface area contributed by atoms with Crippen LogP contribution in [0.4, 0.5) is 0 Å². The van der Waals surface area contributed by atoms with Gasteiger partial charge in [0.25, 0.3) is 0 Å². The van der Waals surface area contributed by atoms with Gasteiger partial charge in [0.15, 0.2) is 0 Å². The van der Waals surface area contributed by atoms with Gasteiger partial charge in [-0.1, -0.05) is 42.5 Å². The Labute approximate surface area is 126 Å². The maximum atomic E-state index is 11.9. The van der Waals surface area contributed by atoms with Gasteiger partial charge in [0.05, 0.1) is 12.5 Å².